The second kappa shape index (κ2) is 10.8. The Balaban J connectivity index is 1.48. The van der Waals surface area contributed by atoms with Crippen LogP contribution in [0, 0.1) is 0 Å². The Morgan fingerprint density at radius 1 is 1.16 bits per heavy atom. The van der Waals surface area contributed by atoms with Gasteiger partial charge in [-0.1, -0.05) is 0 Å². The van der Waals surface area contributed by atoms with Crippen LogP contribution in [-0.4, -0.2) is 92.5 Å². The van der Waals surface area contributed by atoms with Crippen molar-refractivity contribution in [1.82, 2.24) is 34.4 Å². The molecular weight excluding hydrogens is 476 g/mol. The molecule has 0 aliphatic carbocycles. The monoisotopic (exact) mass is 506 g/mol. The second-order valence-corrected chi connectivity index (χ2v) is 8.71. The van der Waals surface area contributed by atoms with Crippen LogP contribution in [0.3, 0.4) is 0 Å². The number of aromatic hydroxyl groups is 1. The van der Waals surface area contributed by atoms with Crippen LogP contribution in [0.5, 0.6) is 5.88 Å². The number of anilines is 3. The number of hydrogen-bond donors (Lipinski definition) is 4. The van der Waals surface area contributed by atoms with E-state index in [0.717, 1.165) is 31.9 Å². The number of aromatic amines is 2. The minimum atomic E-state index is -0.510. The van der Waals surface area contributed by atoms with Crippen LogP contribution in [-0.2, 0) is 4.74 Å². The topological polar surface area (TPSA) is 152 Å². The predicted molar refractivity (Wildman–Crippen MR) is 139 cm³/mol. The molecule has 0 spiro atoms. The van der Waals surface area contributed by atoms with E-state index in [9.17, 15) is 9.90 Å². The van der Waals surface area contributed by atoms with Crippen molar-refractivity contribution >= 4 is 29.0 Å². The first-order chi connectivity index (χ1) is 18.0. The number of ether oxygens (including phenoxy) is 1. The Hall–Kier alpha value is -4.23. The summed E-state index contributed by atoms with van der Waals surface area (Å²) in [6.45, 7) is 7.48. The fraction of sp³-hybridized carbons (Fsp3) is 0.375. The standard InChI is InChI=1S/C24H30N10O3/c1-3-37-13-8-25-23-31-22(27-17-4-6-18(7-5-17)33-11-9-32(2)10-12-33)29-20-16(15-26-34(20)23)14-19-21(35)30-24(36)28-19/h4-7,14-15,35H,3,8-13H2,1-2H3,(H,25,27,31)(H2,28,30,36)/b16-14+. The lowest BCUT2D eigenvalue weighted by Gasteiger charge is -2.34. The van der Waals surface area contributed by atoms with E-state index in [1.54, 1.807) is 12.3 Å². The van der Waals surface area contributed by atoms with E-state index in [2.05, 4.69) is 64.3 Å². The number of fused-ring (bicyclic) bond motifs is 1. The largest absolute Gasteiger partial charge is 0.493 e. The molecule has 194 valence electrons. The van der Waals surface area contributed by atoms with Gasteiger partial charge in [0.2, 0.25) is 11.8 Å². The number of benzene rings is 1. The number of imidazole rings is 1. The highest BCUT2D eigenvalue weighted by Gasteiger charge is 2.14. The molecule has 0 unspecified atom stereocenters. The van der Waals surface area contributed by atoms with Gasteiger partial charge in [-0.3, -0.25) is 4.98 Å². The Labute approximate surface area is 212 Å². The highest BCUT2D eigenvalue weighted by Crippen LogP contribution is 2.20. The summed E-state index contributed by atoms with van der Waals surface area (Å²) in [6, 6.07) is 8.17. The van der Waals surface area contributed by atoms with E-state index in [0.29, 0.717) is 42.2 Å². The highest BCUT2D eigenvalue weighted by atomic mass is 16.5. The molecule has 13 nitrogen and oxygen atoms in total. The fourth-order valence-electron chi connectivity index (χ4n) is 4.09. The minimum Gasteiger partial charge on any atom is -0.493 e. The summed E-state index contributed by atoms with van der Waals surface area (Å²) in [7, 11) is 2.14. The van der Waals surface area contributed by atoms with Gasteiger partial charge in [-0.15, -0.1) is 0 Å². The molecule has 1 saturated heterocycles. The van der Waals surface area contributed by atoms with E-state index < -0.39 is 5.69 Å². The van der Waals surface area contributed by atoms with Gasteiger partial charge in [0.25, 0.3) is 5.62 Å². The molecule has 0 bridgehead atoms. The maximum Gasteiger partial charge on any atom is 0.326 e. The van der Waals surface area contributed by atoms with Gasteiger partial charge in [0.05, 0.1) is 19.3 Å². The third-order valence-electron chi connectivity index (χ3n) is 6.10. The number of piperazine rings is 1. The number of hydrogen-bond acceptors (Lipinski definition) is 10. The number of nitrogens with one attached hydrogen (secondary N) is 3. The van der Waals surface area contributed by atoms with Crippen molar-refractivity contribution in [3.63, 3.8) is 0 Å². The van der Waals surface area contributed by atoms with Gasteiger partial charge in [0, 0.05) is 49.4 Å². The number of H-pyrrole nitrogens is 2. The molecule has 4 heterocycles. The minimum absolute atomic E-state index is 0.224. The van der Waals surface area contributed by atoms with Crippen LogP contribution in [0.15, 0.2) is 40.2 Å². The molecule has 0 radical (unpaired) electrons. The zero-order valence-electron chi connectivity index (χ0n) is 20.8. The van der Waals surface area contributed by atoms with Crippen molar-refractivity contribution in [3.05, 3.63) is 57.5 Å². The Kier molecular flexibility index (Phi) is 7.14. The van der Waals surface area contributed by atoms with Crippen LogP contribution >= 0.6 is 0 Å². The van der Waals surface area contributed by atoms with E-state index in [4.69, 9.17) is 4.74 Å². The Bertz CT molecular complexity index is 1530. The van der Waals surface area contributed by atoms with Gasteiger partial charge in [0.15, 0.2) is 5.65 Å². The van der Waals surface area contributed by atoms with Crippen molar-refractivity contribution in [2.45, 2.75) is 6.92 Å². The molecule has 3 aromatic heterocycles. The molecule has 0 atom stereocenters. The number of likely N-dealkylation sites (N-methyl/N-ethyl adjacent to an activating group) is 1. The van der Waals surface area contributed by atoms with Crippen LogP contribution in [0.1, 0.15) is 12.6 Å². The molecular formula is C24H30N10O3. The van der Waals surface area contributed by atoms with Gasteiger partial charge in [-0.05, 0) is 44.3 Å². The molecule has 0 saturated carbocycles. The SMILES string of the molecule is CCOCCN=c1nc(Nc2ccc(N3CCN(C)CC3)cc2)nc2/c(=C/c3[nH]c(=O)[nH]c3O)cnn12. The molecule has 5 rings (SSSR count). The summed E-state index contributed by atoms with van der Waals surface area (Å²) >= 11 is 0. The summed E-state index contributed by atoms with van der Waals surface area (Å²) in [5.74, 6) is 0.0794. The molecule has 4 aromatic rings. The first kappa shape index (κ1) is 24.5. The van der Waals surface area contributed by atoms with Crippen LogP contribution in [0.4, 0.5) is 17.3 Å². The molecule has 1 aliphatic rings. The second-order valence-electron chi connectivity index (χ2n) is 8.71. The van der Waals surface area contributed by atoms with E-state index in [1.807, 2.05) is 19.1 Å². The summed E-state index contributed by atoms with van der Waals surface area (Å²) in [5, 5.41) is 18.2. The molecule has 4 N–H and O–H groups in total. The van der Waals surface area contributed by atoms with E-state index in [-0.39, 0.29) is 11.6 Å². The molecule has 1 aliphatic heterocycles. The average molecular weight is 507 g/mol. The van der Waals surface area contributed by atoms with Crippen molar-refractivity contribution in [1.29, 1.82) is 0 Å². The first-order valence-electron chi connectivity index (χ1n) is 12.2. The maximum atomic E-state index is 11.5. The van der Waals surface area contributed by atoms with Gasteiger partial charge in [-0.2, -0.15) is 19.6 Å². The Morgan fingerprint density at radius 2 is 1.95 bits per heavy atom. The number of nitrogens with zero attached hydrogens (tertiary/aromatic N) is 7. The van der Waals surface area contributed by atoms with Crippen molar-refractivity contribution in [3.8, 4) is 5.88 Å². The van der Waals surface area contributed by atoms with Gasteiger partial charge >= 0.3 is 5.69 Å². The van der Waals surface area contributed by atoms with Crippen molar-refractivity contribution in [2.24, 2.45) is 4.99 Å². The lowest BCUT2D eigenvalue weighted by molar-refractivity contribution is 0.155. The van der Waals surface area contributed by atoms with Crippen molar-refractivity contribution in [2.75, 3.05) is 63.2 Å². The van der Waals surface area contributed by atoms with Gasteiger partial charge in [-0.25, -0.2) is 9.79 Å². The third kappa shape index (κ3) is 5.62. The summed E-state index contributed by atoms with van der Waals surface area (Å²) < 4.78 is 6.91. The quantitative estimate of drug-likeness (QED) is 0.239. The normalized spacial score (nSPS) is 15.7. The molecule has 37 heavy (non-hydrogen) atoms. The summed E-state index contributed by atoms with van der Waals surface area (Å²) in [5.41, 5.74) is 2.54. The number of aromatic nitrogens is 6. The average Bonchev–Trinajstić information content (AvgIpc) is 3.44. The third-order valence-corrected chi connectivity index (χ3v) is 6.10. The molecule has 0 amide bonds. The van der Waals surface area contributed by atoms with Crippen molar-refractivity contribution < 1.29 is 9.84 Å². The lowest BCUT2D eigenvalue weighted by atomic mass is 10.2. The van der Waals surface area contributed by atoms with Crippen LogP contribution in [0.2, 0.25) is 0 Å². The Morgan fingerprint density at radius 3 is 2.65 bits per heavy atom. The van der Waals surface area contributed by atoms with Gasteiger partial charge < -0.3 is 29.9 Å². The lowest BCUT2D eigenvalue weighted by Crippen LogP contribution is -2.44. The van der Waals surface area contributed by atoms with E-state index in [1.165, 1.54) is 10.2 Å². The number of rotatable bonds is 8. The predicted octanol–water partition coefficient (Wildman–Crippen LogP) is -0.173. The highest BCUT2D eigenvalue weighted by molar-refractivity contribution is 5.61. The molecule has 13 heteroatoms. The maximum absolute atomic E-state index is 11.5. The van der Waals surface area contributed by atoms with E-state index >= 15 is 0 Å². The van der Waals surface area contributed by atoms with Gasteiger partial charge in [0.1, 0.15) is 5.69 Å². The zero-order chi connectivity index (χ0) is 25.8. The summed E-state index contributed by atoms with van der Waals surface area (Å²) in [6.07, 6.45) is 3.16. The van der Waals surface area contributed by atoms with Crippen LogP contribution < -0.4 is 26.7 Å². The first-order valence-corrected chi connectivity index (χ1v) is 12.2. The molecule has 1 aromatic carbocycles. The van der Waals surface area contributed by atoms with Crippen LogP contribution in [0.25, 0.3) is 11.7 Å². The summed E-state index contributed by atoms with van der Waals surface area (Å²) in [4.78, 5) is 34.8. The zero-order valence-corrected chi connectivity index (χ0v) is 20.8. The fourth-order valence-corrected chi connectivity index (χ4v) is 4.09. The molecule has 1 fully saturated rings. The smallest absolute Gasteiger partial charge is 0.326 e.